The quantitative estimate of drug-likeness (QED) is 0.841. The number of aryl methyl sites for hydroxylation is 1. The number of carbonyl (C=O) groups excluding carboxylic acids is 1. The molecule has 0 saturated carbocycles. The second-order valence-electron chi connectivity index (χ2n) is 3.41. The zero-order valence-electron chi connectivity index (χ0n) is 9.52. The maximum Gasteiger partial charge on any atom is 0.301 e. The Bertz CT molecular complexity index is 536. The summed E-state index contributed by atoms with van der Waals surface area (Å²) in [6.07, 6.45) is 1.47. The Morgan fingerprint density at radius 3 is 2.82 bits per heavy atom. The number of oxazole rings is 1. The highest BCUT2D eigenvalue weighted by Gasteiger charge is 2.10. The fraction of sp³-hybridized carbons (Fsp3) is 0.182. The minimum absolute atomic E-state index is 0.171. The predicted octanol–water partition coefficient (Wildman–Crippen LogP) is 1.67. The minimum atomic E-state index is -0.357. The molecule has 0 aromatic carbocycles. The third-order valence-corrected chi connectivity index (χ3v) is 2.08. The van der Waals surface area contributed by atoms with E-state index in [9.17, 15) is 4.79 Å². The van der Waals surface area contributed by atoms with E-state index < -0.39 is 0 Å². The standard InChI is InChI=1S/C11H12N4O2/c1-7-6-17-11(13-7)15-10(16)8-4-3-5-9(12-2)14-8/h3-6H,1-2H3,(H,12,14)(H,13,15,16). The molecule has 6 nitrogen and oxygen atoms in total. The first kappa shape index (κ1) is 11.1. The Morgan fingerprint density at radius 2 is 2.18 bits per heavy atom. The van der Waals surface area contributed by atoms with Gasteiger partial charge in [0.15, 0.2) is 0 Å². The van der Waals surface area contributed by atoms with Crippen molar-refractivity contribution in [3.63, 3.8) is 0 Å². The van der Waals surface area contributed by atoms with Gasteiger partial charge in [0.05, 0.1) is 5.69 Å². The monoisotopic (exact) mass is 232 g/mol. The number of nitrogens with one attached hydrogen (secondary N) is 2. The van der Waals surface area contributed by atoms with Crippen molar-refractivity contribution >= 4 is 17.7 Å². The molecule has 2 aromatic rings. The molecule has 0 bridgehead atoms. The number of hydrogen-bond donors (Lipinski definition) is 2. The molecule has 0 spiro atoms. The van der Waals surface area contributed by atoms with Crippen LogP contribution in [-0.2, 0) is 0 Å². The SMILES string of the molecule is CNc1cccc(C(=O)Nc2nc(C)co2)n1. The fourth-order valence-corrected chi connectivity index (χ4v) is 1.27. The molecule has 0 radical (unpaired) electrons. The average molecular weight is 232 g/mol. The number of rotatable bonds is 3. The molecule has 0 aliphatic rings. The van der Waals surface area contributed by atoms with Crippen LogP contribution in [-0.4, -0.2) is 22.9 Å². The second kappa shape index (κ2) is 4.65. The maximum atomic E-state index is 11.8. The van der Waals surface area contributed by atoms with Crippen molar-refractivity contribution in [2.24, 2.45) is 0 Å². The van der Waals surface area contributed by atoms with Crippen molar-refractivity contribution in [3.05, 3.63) is 35.9 Å². The topological polar surface area (TPSA) is 80.0 Å². The van der Waals surface area contributed by atoms with E-state index in [1.165, 1.54) is 6.26 Å². The van der Waals surface area contributed by atoms with Crippen molar-refractivity contribution in [2.45, 2.75) is 6.92 Å². The van der Waals surface area contributed by atoms with Gasteiger partial charge in [-0.15, -0.1) is 0 Å². The van der Waals surface area contributed by atoms with Gasteiger partial charge in [0.1, 0.15) is 17.8 Å². The van der Waals surface area contributed by atoms with Crippen LogP contribution in [0.2, 0.25) is 0 Å². The summed E-state index contributed by atoms with van der Waals surface area (Å²) in [5.41, 5.74) is 1.00. The smallest absolute Gasteiger partial charge is 0.301 e. The molecule has 2 heterocycles. The van der Waals surface area contributed by atoms with Crippen LogP contribution < -0.4 is 10.6 Å². The number of carbonyl (C=O) groups is 1. The van der Waals surface area contributed by atoms with Crippen LogP contribution in [0.4, 0.5) is 11.8 Å². The molecule has 0 saturated heterocycles. The number of nitrogens with zero attached hydrogens (tertiary/aromatic N) is 2. The number of anilines is 2. The molecule has 6 heteroatoms. The van der Waals surface area contributed by atoms with Gasteiger partial charge >= 0.3 is 6.01 Å². The Balaban J connectivity index is 2.14. The van der Waals surface area contributed by atoms with E-state index in [2.05, 4.69) is 20.6 Å². The summed E-state index contributed by atoms with van der Waals surface area (Å²) in [6.45, 7) is 1.78. The van der Waals surface area contributed by atoms with E-state index in [0.717, 1.165) is 0 Å². The molecule has 0 aliphatic carbocycles. The van der Waals surface area contributed by atoms with E-state index in [0.29, 0.717) is 17.2 Å². The van der Waals surface area contributed by atoms with Crippen LogP contribution in [0.3, 0.4) is 0 Å². The van der Waals surface area contributed by atoms with Crippen LogP contribution in [0.25, 0.3) is 0 Å². The van der Waals surface area contributed by atoms with Gasteiger partial charge in [0.2, 0.25) is 0 Å². The van der Waals surface area contributed by atoms with Crippen LogP contribution in [0.1, 0.15) is 16.2 Å². The summed E-state index contributed by atoms with van der Waals surface area (Å²) in [5, 5.41) is 5.38. The third-order valence-electron chi connectivity index (χ3n) is 2.08. The highest BCUT2D eigenvalue weighted by molar-refractivity contribution is 6.01. The van der Waals surface area contributed by atoms with Crippen LogP contribution in [0.5, 0.6) is 0 Å². The fourth-order valence-electron chi connectivity index (χ4n) is 1.27. The first-order valence-electron chi connectivity index (χ1n) is 5.07. The van der Waals surface area contributed by atoms with Gasteiger partial charge in [-0.25, -0.2) is 4.98 Å². The predicted molar refractivity (Wildman–Crippen MR) is 63.0 cm³/mol. The molecule has 0 unspecified atom stereocenters. The van der Waals surface area contributed by atoms with Gasteiger partial charge in [-0.05, 0) is 19.1 Å². The zero-order chi connectivity index (χ0) is 12.3. The Morgan fingerprint density at radius 1 is 1.35 bits per heavy atom. The summed E-state index contributed by atoms with van der Waals surface area (Å²) in [4.78, 5) is 19.9. The van der Waals surface area contributed by atoms with E-state index in [-0.39, 0.29) is 11.9 Å². The second-order valence-corrected chi connectivity index (χ2v) is 3.41. The van der Waals surface area contributed by atoms with Gasteiger partial charge in [-0.1, -0.05) is 6.07 Å². The first-order valence-corrected chi connectivity index (χ1v) is 5.07. The van der Waals surface area contributed by atoms with Gasteiger partial charge in [-0.2, -0.15) is 4.98 Å². The first-order chi connectivity index (χ1) is 8.19. The third kappa shape index (κ3) is 2.60. The molecule has 2 aromatic heterocycles. The van der Waals surface area contributed by atoms with E-state index in [1.807, 2.05) is 0 Å². The molecule has 2 rings (SSSR count). The average Bonchev–Trinajstić information content (AvgIpc) is 2.75. The molecular formula is C11H12N4O2. The minimum Gasteiger partial charge on any atom is -0.432 e. The Hall–Kier alpha value is -2.37. The zero-order valence-corrected chi connectivity index (χ0v) is 9.52. The number of hydrogen-bond acceptors (Lipinski definition) is 5. The normalized spacial score (nSPS) is 10.0. The van der Waals surface area contributed by atoms with Gasteiger partial charge in [0.25, 0.3) is 5.91 Å². The lowest BCUT2D eigenvalue weighted by atomic mass is 10.3. The lowest BCUT2D eigenvalue weighted by Gasteiger charge is -2.02. The largest absolute Gasteiger partial charge is 0.432 e. The van der Waals surface area contributed by atoms with Crippen LogP contribution in [0, 0.1) is 6.92 Å². The number of amides is 1. The van der Waals surface area contributed by atoms with Gasteiger partial charge in [0, 0.05) is 7.05 Å². The highest BCUT2D eigenvalue weighted by atomic mass is 16.4. The van der Waals surface area contributed by atoms with E-state index in [4.69, 9.17) is 4.42 Å². The van der Waals surface area contributed by atoms with Gasteiger partial charge in [-0.3, -0.25) is 10.1 Å². The Labute approximate surface area is 98.1 Å². The van der Waals surface area contributed by atoms with Crippen molar-refractivity contribution in [2.75, 3.05) is 17.7 Å². The molecule has 88 valence electrons. The van der Waals surface area contributed by atoms with Crippen molar-refractivity contribution in [3.8, 4) is 0 Å². The number of aromatic nitrogens is 2. The van der Waals surface area contributed by atoms with E-state index >= 15 is 0 Å². The molecule has 0 atom stereocenters. The summed E-state index contributed by atoms with van der Waals surface area (Å²) in [7, 11) is 1.74. The molecular weight excluding hydrogens is 220 g/mol. The van der Waals surface area contributed by atoms with Crippen LogP contribution in [0.15, 0.2) is 28.9 Å². The summed E-state index contributed by atoms with van der Waals surface area (Å²) < 4.78 is 5.03. The summed E-state index contributed by atoms with van der Waals surface area (Å²) in [5.74, 6) is 0.269. The van der Waals surface area contributed by atoms with E-state index in [1.54, 1.807) is 32.2 Å². The van der Waals surface area contributed by atoms with Gasteiger partial charge < -0.3 is 9.73 Å². The van der Waals surface area contributed by atoms with Crippen molar-refractivity contribution < 1.29 is 9.21 Å². The summed E-state index contributed by atoms with van der Waals surface area (Å²) in [6, 6.07) is 5.30. The lowest BCUT2D eigenvalue weighted by molar-refractivity contribution is 0.101. The molecule has 2 N–H and O–H groups in total. The molecule has 1 amide bonds. The summed E-state index contributed by atoms with van der Waals surface area (Å²) >= 11 is 0. The molecule has 17 heavy (non-hydrogen) atoms. The Kier molecular flexibility index (Phi) is 3.04. The maximum absolute atomic E-state index is 11.8. The molecule has 0 aliphatic heterocycles. The van der Waals surface area contributed by atoms with Crippen molar-refractivity contribution in [1.82, 2.24) is 9.97 Å². The van der Waals surface area contributed by atoms with Crippen LogP contribution >= 0.6 is 0 Å². The number of pyridine rings is 1. The van der Waals surface area contributed by atoms with Crippen molar-refractivity contribution in [1.29, 1.82) is 0 Å². The molecule has 0 fully saturated rings. The lowest BCUT2D eigenvalue weighted by Crippen LogP contribution is -2.14. The highest BCUT2D eigenvalue weighted by Crippen LogP contribution is 2.09.